The quantitative estimate of drug-likeness (QED) is 0.803. The Kier molecular flexibility index (Phi) is 3.33. The van der Waals surface area contributed by atoms with Crippen LogP contribution in [0, 0.1) is 0 Å². The summed E-state index contributed by atoms with van der Waals surface area (Å²) in [4.78, 5) is 15.0. The van der Waals surface area contributed by atoms with Gasteiger partial charge in [0.2, 0.25) is 0 Å². The first kappa shape index (κ1) is 12.6. The van der Waals surface area contributed by atoms with Crippen molar-refractivity contribution in [2.45, 2.75) is 6.36 Å². The molecule has 18 heavy (non-hydrogen) atoms. The van der Waals surface area contributed by atoms with Gasteiger partial charge in [0, 0.05) is 6.20 Å². The van der Waals surface area contributed by atoms with E-state index in [-0.39, 0.29) is 5.75 Å². The molecule has 0 fully saturated rings. The standard InChI is InChI=1S/C11H6F3NO2S/c12-11(13,14)17-8-3-1-7(2-4-8)9-5-15-10(6-16)18-9/h1-6H. The maximum absolute atomic E-state index is 11.9. The highest BCUT2D eigenvalue weighted by Gasteiger charge is 2.30. The number of aldehydes is 1. The summed E-state index contributed by atoms with van der Waals surface area (Å²) in [6.07, 6.45) is -2.58. The maximum Gasteiger partial charge on any atom is 0.573 e. The summed E-state index contributed by atoms with van der Waals surface area (Å²) < 4.78 is 39.6. The highest BCUT2D eigenvalue weighted by atomic mass is 32.1. The van der Waals surface area contributed by atoms with Crippen molar-refractivity contribution in [3.8, 4) is 16.2 Å². The third-order valence-electron chi connectivity index (χ3n) is 2.00. The summed E-state index contributed by atoms with van der Waals surface area (Å²) in [5.41, 5.74) is 0.676. The number of carbonyl (C=O) groups excluding carboxylic acids is 1. The summed E-state index contributed by atoms with van der Waals surface area (Å²) in [7, 11) is 0. The minimum absolute atomic E-state index is 0.286. The molecule has 0 saturated carbocycles. The molecule has 0 aliphatic rings. The average Bonchev–Trinajstić information content (AvgIpc) is 2.76. The number of halogens is 3. The van der Waals surface area contributed by atoms with Gasteiger partial charge in [-0.3, -0.25) is 4.79 Å². The molecule has 0 atom stereocenters. The number of thiazole rings is 1. The van der Waals surface area contributed by atoms with Crippen molar-refractivity contribution in [2.24, 2.45) is 0 Å². The van der Waals surface area contributed by atoms with Crippen molar-refractivity contribution in [1.29, 1.82) is 0 Å². The fourth-order valence-electron chi connectivity index (χ4n) is 1.30. The van der Waals surface area contributed by atoms with E-state index >= 15 is 0 Å². The molecule has 1 aromatic carbocycles. The zero-order chi connectivity index (χ0) is 13.2. The molecule has 0 radical (unpaired) electrons. The van der Waals surface area contributed by atoms with Gasteiger partial charge >= 0.3 is 6.36 Å². The molecular formula is C11H6F3NO2S. The van der Waals surface area contributed by atoms with Crippen LogP contribution in [0.2, 0.25) is 0 Å². The van der Waals surface area contributed by atoms with E-state index in [1.165, 1.54) is 30.5 Å². The summed E-state index contributed by atoms with van der Waals surface area (Å²) >= 11 is 1.16. The third-order valence-corrected chi connectivity index (χ3v) is 2.97. The second kappa shape index (κ2) is 4.77. The zero-order valence-corrected chi connectivity index (χ0v) is 9.59. The molecule has 3 nitrogen and oxygen atoms in total. The van der Waals surface area contributed by atoms with Crippen molar-refractivity contribution < 1.29 is 22.7 Å². The van der Waals surface area contributed by atoms with Crippen LogP contribution >= 0.6 is 11.3 Å². The molecule has 2 rings (SSSR count). The lowest BCUT2D eigenvalue weighted by Gasteiger charge is -2.08. The molecule has 0 aliphatic carbocycles. The number of ether oxygens (including phenoxy) is 1. The Labute approximate surface area is 104 Å². The molecule has 7 heteroatoms. The topological polar surface area (TPSA) is 39.2 Å². The van der Waals surface area contributed by atoms with Crippen LogP contribution in [0.15, 0.2) is 30.5 Å². The molecule has 0 bridgehead atoms. The first-order valence-corrected chi connectivity index (χ1v) is 5.57. The summed E-state index contributed by atoms with van der Waals surface area (Å²) in [6, 6.07) is 5.37. The normalized spacial score (nSPS) is 11.3. The number of aromatic nitrogens is 1. The number of carbonyl (C=O) groups is 1. The van der Waals surface area contributed by atoms with Crippen LogP contribution in [0.5, 0.6) is 5.75 Å². The van der Waals surface area contributed by atoms with Crippen LogP contribution < -0.4 is 4.74 Å². The van der Waals surface area contributed by atoms with Crippen LogP contribution in [0.4, 0.5) is 13.2 Å². The predicted octanol–water partition coefficient (Wildman–Crippen LogP) is 3.52. The molecule has 0 N–H and O–H groups in total. The Morgan fingerprint density at radius 2 is 1.89 bits per heavy atom. The van der Waals surface area contributed by atoms with Crippen molar-refractivity contribution >= 4 is 17.6 Å². The molecule has 0 saturated heterocycles. The third kappa shape index (κ3) is 3.07. The fourth-order valence-corrected chi connectivity index (χ4v) is 2.03. The molecule has 0 amide bonds. The Morgan fingerprint density at radius 1 is 1.22 bits per heavy atom. The Morgan fingerprint density at radius 3 is 2.39 bits per heavy atom. The van der Waals surface area contributed by atoms with Gasteiger partial charge in [-0.1, -0.05) is 0 Å². The number of nitrogens with zero attached hydrogens (tertiary/aromatic N) is 1. The van der Waals surface area contributed by atoms with Crippen LogP contribution in [-0.4, -0.2) is 17.6 Å². The molecule has 0 unspecified atom stereocenters. The lowest BCUT2D eigenvalue weighted by Crippen LogP contribution is -2.16. The molecule has 1 aromatic heterocycles. The van der Waals surface area contributed by atoms with Crippen molar-refractivity contribution in [1.82, 2.24) is 4.98 Å². The number of hydrogen-bond acceptors (Lipinski definition) is 4. The zero-order valence-electron chi connectivity index (χ0n) is 8.77. The highest BCUT2D eigenvalue weighted by Crippen LogP contribution is 2.29. The van der Waals surface area contributed by atoms with Gasteiger partial charge in [0.15, 0.2) is 11.3 Å². The van der Waals surface area contributed by atoms with Gasteiger partial charge in [-0.2, -0.15) is 0 Å². The lowest BCUT2D eigenvalue weighted by atomic mass is 10.2. The Balaban J connectivity index is 2.19. The Bertz CT molecular complexity index is 548. The lowest BCUT2D eigenvalue weighted by molar-refractivity contribution is -0.274. The maximum atomic E-state index is 11.9. The van der Waals surface area contributed by atoms with E-state index in [1.807, 2.05) is 0 Å². The van der Waals surface area contributed by atoms with Crippen molar-refractivity contribution in [3.05, 3.63) is 35.5 Å². The van der Waals surface area contributed by atoms with Crippen molar-refractivity contribution in [3.63, 3.8) is 0 Å². The average molecular weight is 273 g/mol. The van der Waals surface area contributed by atoms with E-state index < -0.39 is 6.36 Å². The number of hydrogen-bond donors (Lipinski definition) is 0. The fraction of sp³-hybridized carbons (Fsp3) is 0.0909. The van der Waals surface area contributed by atoms with E-state index in [2.05, 4.69) is 9.72 Å². The molecule has 0 aliphatic heterocycles. The predicted molar refractivity (Wildman–Crippen MR) is 59.6 cm³/mol. The van der Waals surface area contributed by atoms with Gasteiger partial charge < -0.3 is 4.74 Å². The van der Waals surface area contributed by atoms with Gasteiger partial charge in [-0.25, -0.2) is 4.98 Å². The van der Waals surface area contributed by atoms with Crippen LogP contribution in [0.25, 0.3) is 10.4 Å². The summed E-state index contributed by atoms with van der Waals surface area (Å²) in [5.74, 6) is -0.286. The number of rotatable bonds is 3. The first-order chi connectivity index (χ1) is 8.48. The molecule has 2 aromatic rings. The minimum Gasteiger partial charge on any atom is -0.406 e. The van der Waals surface area contributed by atoms with Gasteiger partial charge in [0.1, 0.15) is 5.75 Å². The van der Waals surface area contributed by atoms with E-state index in [1.54, 1.807) is 0 Å². The van der Waals surface area contributed by atoms with E-state index in [0.29, 0.717) is 21.7 Å². The van der Waals surface area contributed by atoms with Crippen molar-refractivity contribution in [2.75, 3.05) is 0 Å². The SMILES string of the molecule is O=Cc1ncc(-c2ccc(OC(F)(F)F)cc2)s1. The number of benzene rings is 1. The first-order valence-electron chi connectivity index (χ1n) is 4.75. The van der Waals surface area contributed by atoms with E-state index in [4.69, 9.17) is 0 Å². The highest BCUT2D eigenvalue weighted by molar-refractivity contribution is 7.16. The minimum atomic E-state index is -4.70. The van der Waals surface area contributed by atoms with Crippen LogP contribution in [0.3, 0.4) is 0 Å². The van der Waals surface area contributed by atoms with Crippen LogP contribution in [-0.2, 0) is 0 Å². The Hall–Kier alpha value is -1.89. The molecule has 0 spiro atoms. The molecular weight excluding hydrogens is 267 g/mol. The number of alkyl halides is 3. The van der Waals surface area contributed by atoms with Crippen LogP contribution in [0.1, 0.15) is 9.80 Å². The van der Waals surface area contributed by atoms with Gasteiger partial charge in [0.25, 0.3) is 0 Å². The monoisotopic (exact) mass is 273 g/mol. The van der Waals surface area contributed by atoms with E-state index in [0.717, 1.165) is 11.3 Å². The molecule has 1 heterocycles. The second-order valence-electron chi connectivity index (χ2n) is 3.25. The van der Waals surface area contributed by atoms with Gasteiger partial charge in [-0.15, -0.1) is 24.5 Å². The molecule has 94 valence electrons. The largest absolute Gasteiger partial charge is 0.573 e. The second-order valence-corrected chi connectivity index (χ2v) is 4.32. The van der Waals surface area contributed by atoms with Gasteiger partial charge in [-0.05, 0) is 29.8 Å². The summed E-state index contributed by atoms with van der Waals surface area (Å²) in [6.45, 7) is 0. The van der Waals surface area contributed by atoms with E-state index in [9.17, 15) is 18.0 Å². The van der Waals surface area contributed by atoms with Gasteiger partial charge in [0.05, 0.1) is 4.88 Å². The smallest absolute Gasteiger partial charge is 0.406 e. The summed E-state index contributed by atoms with van der Waals surface area (Å²) in [5, 5.41) is 0.320.